The lowest BCUT2D eigenvalue weighted by molar-refractivity contribution is 0.0997. The third kappa shape index (κ3) is 2.09. The SMILES string of the molecule is O=C(Cc1[c]cccc1)c1cccs1. The second-order valence-corrected chi connectivity index (χ2v) is 3.91. The van der Waals surface area contributed by atoms with Gasteiger partial charge in [-0.1, -0.05) is 30.3 Å². The van der Waals surface area contributed by atoms with Crippen LogP contribution in [0.1, 0.15) is 15.2 Å². The fourth-order valence-electron chi connectivity index (χ4n) is 1.24. The first-order chi connectivity index (χ1) is 6.86. The van der Waals surface area contributed by atoms with Crippen LogP contribution < -0.4 is 0 Å². The van der Waals surface area contributed by atoms with Gasteiger partial charge in [-0.05, 0) is 23.1 Å². The number of benzene rings is 1. The molecule has 0 spiro atoms. The Labute approximate surface area is 87.0 Å². The van der Waals surface area contributed by atoms with Crippen LogP contribution in [-0.4, -0.2) is 5.78 Å². The zero-order valence-corrected chi connectivity index (χ0v) is 8.38. The number of carbonyl (C=O) groups excluding carboxylic acids is 1. The van der Waals surface area contributed by atoms with Crippen LogP contribution in [-0.2, 0) is 6.42 Å². The van der Waals surface area contributed by atoms with Gasteiger partial charge in [-0.3, -0.25) is 4.79 Å². The molecule has 0 aliphatic rings. The monoisotopic (exact) mass is 201 g/mol. The molecule has 0 amide bonds. The van der Waals surface area contributed by atoms with Crippen molar-refractivity contribution < 1.29 is 4.79 Å². The van der Waals surface area contributed by atoms with Crippen molar-refractivity contribution in [3.63, 3.8) is 0 Å². The van der Waals surface area contributed by atoms with Crippen molar-refractivity contribution in [2.24, 2.45) is 0 Å². The molecular formula is C12H9OS. The topological polar surface area (TPSA) is 17.1 Å². The Morgan fingerprint density at radius 1 is 1.29 bits per heavy atom. The smallest absolute Gasteiger partial charge is 0.177 e. The molecule has 0 aliphatic carbocycles. The first-order valence-electron chi connectivity index (χ1n) is 4.38. The van der Waals surface area contributed by atoms with E-state index in [0.717, 1.165) is 10.4 Å². The highest BCUT2D eigenvalue weighted by molar-refractivity contribution is 7.12. The molecule has 1 aromatic carbocycles. The van der Waals surface area contributed by atoms with Crippen LogP contribution in [0.15, 0.2) is 41.8 Å². The second kappa shape index (κ2) is 4.20. The summed E-state index contributed by atoms with van der Waals surface area (Å²) in [4.78, 5) is 12.5. The molecule has 0 aliphatic heterocycles. The van der Waals surface area contributed by atoms with E-state index in [2.05, 4.69) is 6.07 Å². The maximum Gasteiger partial charge on any atom is 0.177 e. The van der Waals surface area contributed by atoms with Gasteiger partial charge < -0.3 is 0 Å². The molecule has 2 aromatic rings. The van der Waals surface area contributed by atoms with Gasteiger partial charge in [0.2, 0.25) is 0 Å². The summed E-state index contributed by atoms with van der Waals surface area (Å²) in [6.45, 7) is 0. The summed E-state index contributed by atoms with van der Waals surface area (Å²) < 4.78 is 0. The largest absolute Gasteiger partial charge is 0.293 e. The molecule has 69 valence electrons. The van der Waals surface area contributed by atoms with Crippen molar-refractivity contribution in [1.82, 2.24) is 0 Å². The Bertz CT molecular complexity index is 403. The fourth-order valence-corrected chi connectivity index (χ4v) is 1.90. The summed E-state index contributed by atoms with van der Waals surface area (Å²) in [5.74, 6) is 0.169. The minimum atomic E-state index is 0.169. The van der Waals surface area contributed by atoms with Crippen molar-refractivity contribution >= 4 is 17.1 Å². The Hall–Kier alpha value is -1.41. The Morgan fingerprint density at radius 2 is 2.21 bits per heavy atom. The van der Waals surface area contributed by atoms with E-state index < -0.39 is 0 Å². The van der Waals surface area contributed by atoms with E-state index in [1.54, 1.807) is 0 Å². The van der Waals surface area contributed by atoms with Gasteiger partial charge >= 0.3 is 0 Å². The van der Waals surface area contributed by atoms with Crippen LogP contribution in [0, 0.1) is 6.07 Å². The van der Waals surface area contributed by atoms with Crippen molar-refractivity contribution in [2.45, 2.75) is 6.42 Å². The molecule has 0 fully saturated rings. The normalized spacial score (nSPS) is 10.0. The molecule has 2 rings (SSSR count). The van der Waals surface area contributed by atoms with E-state index in [1.165, 1.54) is 11.3 Å². The predicted molar refractivity (Wildman–Crippen MR) is 57.6 cm³/mol. The van der Waals surface area contributed by atoms with E-state index in [-0.39, 0.29) is 5.78 Å². The van der Waals surface area contributed by atoms with Crippen molar-refractivity contribution in [3.8, 4) is 0 Å². The molecule has 2 heteroatoms. The highest BCUT2D eigenvalue weighted by Crippen LogP contribution is 2.12. The molecule has 1 heterocycles. The maximum absolute atomic E-state index is 11.7. The minimum absolute atomic E-state index is 0.169. The van der Waals surface area contributed by atoms with Gasteiger partial charge in [0.1, 0.15) is 0 Å². The predicted octanol–water partition coefficient (Wildman–Crippen LogP) is 2.97. The number of ketones is 1. The van der Waals surface area contributed by atoms with Gasteiger partial charge in [-0.25, -0.2) is 0 Å². The molecule has 0 saturated carbocycles. The molecule has 0 N–H and O–H groups in total. The van der Waals surface area contributed by atoms with Crippen LogP contribution in [0.2, 0.25) is 0 Å². The molecule has 0 bridgehead atoms. The second-order valence-electron chi connectivity index (χ2n) is 2.97. The number of hydrogen-bond acceptors (Lipinski definition) is 2. The molecule has 1 radical (unpaired) electrons. The quantitative estimate of drug-likeness (QED) is 0.698. The summed E-state index contributed by atoms with van der Waals surface area (Å²) in [5.41, 5.74) is 0.950. The van der Waals surface area contributed by atoms with Gasteiger partial charge in [0.25, 0.3) is 0 Å². The Morgan fingerprint density at radius 3 is 2.86 bits per heavy atom. The van der Waals surface area contributed by atoms with Gasteiger partial charge in [0.05, 0.1) is 4.88 Å². The Balaban J connectivity index is 2.10. The van der Waals surface area contributed by atoms with Gasteiger partial charge in [-0.15, -0.1) is 11.3 Å². The number of thiophene rings is 1. The number of Topliss-reactive ketones (excluding diaryl/α,β-unsaturated/α-hetero) is 1. The summed E-state index contributed by atoms with van der Waals surface area (Å²) in [7, 11) is 0. The third-order valence-corrected chi connectivity index (χ3v) is 2.83. The number of hydrogen-bond donors (Lipinski definition) is 0. The minimum Gasteiger partial charge on any atom is -0.293 e. The van der Waals surface area contributed by atoms with Crippen molar-refractivity contribution in [1.29, 1.82) is 0 Å². The lowest BCUT2D eigenvalue weighted by atomic mass is 10.1. The van der Waals surface area contributed by atoms with Crippen LogP contribution in [0.4, 0.5) is 0 Å². The van der Waals surface area contributed by atoms with Crippen molar-refractivity contribution in [2.75, 3.05) is 0 Å². The molecule has 1 nitrogen and oxygen atoms in total. The lowest BCUT2D eigenvalue weighted by Crippen LogP contribution is -2.00. The lowest BCUT2D eigenvalue weighted by Gasteiger charge is -1.97. The van der Waals surface area contributed by atoms with Crippen LogP contribution in [0.25, 0.3) is 0 Å². The summed E-state index contributed by atoms with van der Waals surface area (Å²) in [6.07, 6.45) is 0.446. The zero-order valence-electron chi connectivity index (χ0n) is 7.57. The molecule has 0 saturated heterocycles. The van der Waals surface area contributed by atoms with E-state index in [0.29, 0.717) is 6.42 Å². The first-order valence-corrected chi connectivity index (χ1v) is 5.26. The Kier molecular flexibility index (Phi) is 2.75. The fraction of sp³-hybridized carbons (Fsp3) is 0.0833. The summed E-state index contributed by atoms with van der Waals surface area (Å²) >= 11 is 1.49. The molecule has 14 heavy (non-hydrogen) atoms. The van der Waals surface area contributed by atoms with Gasteiger partial charge in [0, 0.05) is 6.42 Å². The van der Waals surface area contributed by atoms with E-state index in [1.807, 2.05) is 41.8 Å². The molecule has 1 aromatic heterocycles. The maximum atomic E-state index is 11.7. The average Bonchev–Trinajstić information content (AvgIpc) is 2.72. The zero-order chi connectivity index (χ0) is 9.80. The van der Waals surface area contributed by atoms with Gasteiger partial charge in [-0.2, -0.15) is 0 Å². The highest BCUT2D eigenvalue weighted by Gasteiger charge is 2.06. The number of rotatable bonds is 3. The van der Waals surface area contributed by atoms with Gasteiger partial charge in [0.15, 0.2) is 5.78 Å². The summed E-state index contributed by atoms with van der Waals surface area (Å²) in [5, 5.41) is 1.92. The van der Waals surface area contributed by atoms with Crippen LogP contribution in [0.5, 0.6) is 0 Å². The highest BCUT2D eigenvalue weighted by atomic mass is 32.1. The molecule has 0 atom stereocenters. The summed E-state index contributed by atoms with van der Waals surface area (Å²) in [6, 6.07) is 14.4. The van der Waals surface area contributed by atoms with Crippen LogP contribution in [0.3, 0.4) is 0 Å². The van der Waals surface area contributed by atoms with Crippen LogP contribution >= 0.6 is 11.3 Å². The first kappa shape index (κ1) is 9.16. The van der Waals surface area contributed by atoms with E-state index in [9.17, 15) is 4.79 Å². The third-order valence-electron chi connectivity index (χ3n) is 1.92. The van der Waals surface area contributed by atoms with Crippen molar-refractivity contribution in [3.05, 3.63) is 58.3 Å². The standard InChI is InChI=1S/C12H9OS/c13-11(12-7-4-8-14-12)9-10-5-2-1-3-6-10/h1-5,7-8H,9H2. The number of carbonyl (C=O) groups is 1. The molecule has 0 unspecified atom stereocenters. The van der Waals surface area contributed by atoms with E-state index in [4.69, 9.17) is 0 Å². The molecular weight excluding hydrogens is 192 g/mol. The van der Waals surface area contributed by atoms with E-state index >= 15 is 0 Å². The average molecular weight is 201 g/mol.